The Morgan fingerprint density at radius 3 is 2.62 bits per heavy atom. The summed E-state index contributed by atoms with van der Waals surface area (Å²) in [6, 6.07) is 17.4. The Hall–Kier alpha value is -2.33. The van der Waals surface area contributed by atoms with Gasteiger partial charge < -0.3 is 11.1 Å². The number of para-hydroxylation sites is 1. The first-order valence-electron chi connectivity index (χ1n) is 6.79. The number of benzene rings is 2. The third-order valence-electron chi connectivity index (χ3n) is 3.46. The topological polar surface area (TPSA) is 55.1 Å². The summed E-state index contributed by atoms with van der Waals surface area (Å²) in [6.45, 7) is 1.94. The van der Waals surface area contributed by atoms with Gasteiger partial charge in [-0.05, 0) is 36.1 Å². The number of carbonyl (C=O) groups excluding carboxylic acids is 1. The van der Waals surface area contributed by atoms with E-state index in [9.17, 15) is 4.79 Å². The van der Waals surface area contributed by atoms with Gasteiger partial charge in [0.2, 0.25) is 0 Å². The average Bonchev–Trinajstić information content (AvgIpc) is 2.91. The van der Waals surface area contributed by atoms with Gasteiger partial charge in [-0.3, -0.25) is 4.79 Å². The fourth-order valence-electron chi connectivity index (χ4n) is 2.34. The first kappa shape index (κ1) is 13.6. The Balaban J connectivity index is 1.81. The smallest absolute Gasteiger partial charge is 0.261 e. The fourth-order valence-corrected chi connectivity index (χ4v) is 3.31. The highest BCUT2D eigenvalue weighted by Gasteiger charge is 2.15. The molecule has 0 fully saturated rings. The molecule has 0 aliphatic heterocycles. The number of thiophene rings is 1. The van der Waals surface area contributed by atoms with Gasteiger partial charge in [0, 0.05) is 10.4 Å². The van der Waals surface area contributed by atoms with Crippen LogP contribution < -0.4 is 11.1 Å². The highest BCUT2D eigenvalue weighted by Crippen LogP contribution is 2.26. The van der Waals surface area contributed by atoms with Crippen LogP contribution in [0.15, 0.2) is 54.6 Å². The van der Waals surface area contributed by atoms with E-state index < -0.39 is 0 Å². The molecule has 2 aromatic carbocycles. The molecule has 1 amide bonds. The van der Waals surface area contributed by atoms with Crippen molar-refractivity contribution in [1.29, 1.82) is 0 Å². The summed E-state index contributed by atoms with van der Waals surface area (Å²) in [5.41, 5.74) is 7.58. The van der Waals surface area contributed by atoms with Crippen LogP contribution in [0.5, 0.6) is 0 Å². The van der Waals surface area contributed by atoms with Crippen LogP contribution in [-0.4, -0.2) is 5.91 Å². The lowest BCUT2D eigenvalue weighted by atomic mass is 10.1. The lowest BCUT2D eigenvalue weighted by Gasteiger charge is -2.15. The van der Waals surface area contributed by atoms with Crippen LogP contribution in [0.1, 0.15) is 28.2 Å². The van der Waals surface area contributed by atoms with Crippen molar-refractivity contribution >= 4 is 33.0 Å². The molecule has 0 spiro atoms. The van der Waals surface area contributed by atoms with Gasteiger partial charge in [0.25, 0.3) is 5.91 Å². The van der Waals surface area contributed by atoms with Crippen LogP contribution in [-0.2, 0) is 0 Å². The van der Waals surface area contributed by atoms with Gasteiger partial charge in [-0.1, -0.05) is 36.4 Å². The second-order valence-corrected chi connectivity index (χ2v) is 6.06. The quantitative estimate of drug-likeness (QED) is 0.718. The van der Waals surface area contributed by atoms with E-state index in [4.69, 9.17) is 5.73 Å². The molecule has 1 aromatic heterocycles. The number of carbonyl (C=O) groups is 1. The molecule has 0 saturated heterocycles. The van der Waals surface area contributed by atoms with Crippen molar-refractivity contribution < 1.29 is 4.79 Å². The Morgan fingerprint density at radius 1 is 1.14 bits per heavy atom. The lowest BCUT2D eigenvalue weighted by molar-refractivity contribution is 0.0944. The van der Waals surface area contributed by atoms with Gasteiger partial charge in [0.15, 0.2) is 0 Å². The SMILES string of the molecule is CC(NC(=O)c1cc2ccccc2s1)c1ccccc1N. The molecule has 0 aliphatic carbocycles. The van der Waals surface area contributed by atoms with E-state index in [0.29, 0.717) is 5.69 Å². The molecule has 3 rings (SSSR count). The van der Waals surface area contributed by atoms with E-state index in [2.05, 4.69) is 5.32 Å². The summed E-state index contributed by atoms with van der Waals surface area (Å²) in [4.78, 5) is 13.1. The summed E-state index contributed by atoms with van der Waals surface area (Å²) in [6.07, 6.45) is 0. The predicted molar refractivity (Wildman–Crippen MR) is 88.6 cm³/mol. The van der Waals surface area contributed by atoms with E-state index in [1.54, 1.807) is 0 Å². The van der Waals surface area contributed by atoms with E-state index in [-0.39, 0.29) is 11.9 Å². The van der Waals surface area contributed by atoms with E-state index in [1.807, 2.05) is 61.5 Å². The van der Waals surface area contributed by atoms with Crippen LogP contribution in [0.25, 0.3) is 10.1 Å². The standard InChI is InChI=1S/C17H16N2OS/c1-11(13-7-3-4-8-14(13)18)19-17(20)16-10-12-6-2-5-9-15(12)21-16/h2-11H,18H2,1H3,(H,19,20). The maximum absolute atomic E-state index is 12.4. The molecule has 3 aromatic rings. The summed E-state index contributed by atoms with van der Waals surface area (Å²) in [7, 11) is 0. The van der Waals surface area contributed by atoms with Crippen molar-refractivity contribution in [3.8, 4) is 0 Å². The van der Waals surface area contributed by atoms with Crippen LogP contribution in [0.2, 0.25) is 0 Å². The summed E-state index contributed by atoms with van der Waals surface area (Å²) >= 11 is 1.50. The number of nitrogens with two attached hydrogens (primary N) is 1. The zero-order valence-corrected chi connectivity index (χ0v) is 12.5. The Kier molecular flexibility index (Phi) is 3.62. The fraction of sp³-hybridized carbons (Fsp3) is 0.118. The van der Waals surface area contributed by atoms with Gasteiger partial charge in [-0.15, -0.1) is 11.3 Å². The van der Waals surface area contributed by atoms with Gasteiger partial charge in [-0.25, -0.2) is 0 Å². The van der Waals surface area contributed by atoms with Crippen molar-refractivity contribution in [1.82, 2.24) is 5.32 Å². The number of hydrogen-bond acceptors (Lipinski definition) is 3. The number of nitrogen functional groups attached to an aromatic ring is 1. The molecule has 4 heteroatoms. The van der Waals surface area contributed by atoms with Gasteiger partial charge >= 0.3 is 0 Å². The number of anilines is 1. The monoisotopic (exact) mass is 296 g/mol. The predicted octanol–water partition coefficient (Wildman–Crippen LogP) is 3.97. The number of amides is 1. The largest absolute Gasteiger partial charge is 0.398 e. The lowest BCUT2D eigenvalue weighted by Crippen LogP contribution is -2.26. The first-order valence-corrected chi connectivity index (χ1v) is 7.60. The van der Waals surface area contributed by atoms with E-state index >= 15 is 0 Å². The van der Waals surface area contributed by atoms with Crippen LogP contribution in [0.3, 0.4) is 0 Å². The van der Waals surface area contributed by atoms with Crippen molar-refractivity contribution in [3.63, 3.8) is 0 Å². The Bertz CT molecular complexity index is 761. The minimum absolute atomic E-state index is 0.0630. The Labute approximate surface area is 127 Å². The molecule has 0 saturated carbocycles. The average molecular weight is 296 g/mol. The van der Waals surface area contributed by atoms with E-state index in [0.717, 1.165) is 20.5 Å². The summed E-state index contributed by atoms with van der Waals surface area (Å²) in [5, 5.41) is 4.10. The van der Waals surface area contributed by atoms with Crippen molar-refractivity contribution in [2.24, 2.45) is 0 Å². The van der Waals surface area contributed by atoms with Crippen molar-refractivity contribution in [2.45, 2.75) is 13.0 Å². The van der Waals surface area contributed by atoms with E-state index in [1.165, 1.54) is 11.3 Å². The second kappa shape index (κ2) is 5.58. The molecule has 1 heterocycles. The van der Waals surface area contributed by atoms with Crippen molar-refractivity contribution in [3.05, 3.63) is 65.0 Å². The van der Waals surface area contributed by atoms with Crippen LogP contribution in [0, 0.1) is 0 Å². The number of rotatable bonds is 3. The molecule has 21 heavy (non-hydrogen) atoms. The summed E-state index contributed by atoms with van der Waals surface area (Å²) < 4.78 is 1.12. The molecule has 0 aliphatic rings. The molecule has 3 N–H and O–H groups in total. The molecule has 0 bridgehead atoms. The normalized spacial score (nSPS) is 12.2. The minimum atomic E-state index is -0.121. The molecule has 1 unspecified atom stereocenters. The molecule has 3 nitrogen and oxygen atoms in total. The molecule has 106 valence electrons. The number of fused-ring (bicyclic) bond motifs is 1. The van der Waals surface area contributed by atoms with Gasteiger partial charge in [-0.2, -0.15) is 0 Å². The third kappa shape index (κ3) is 2.76. The second-order valence-electron chi connectivity index (χ2n) is 4.97. The van der Waals surface area contributed by atoms with Gasteiger partial charge in [0.05, 0.1) is 10.9 Å². The molecule has 1 atom stereocenters. The molecular weight excluding hydrogens is 280 g/mol. The van der Waals surface area contributed by atoms with Crippen LogP contribution >= 0.6 is 11.3 Å². The number of hydrogen-bond donors (Lipinski definition) is 2. The third-order valence-corrected chi connectivity index (χ3v) is 4.57. The Morgan fingerprint density at radius 2 is 1.86 bits per heavy atom. The maximum atomic E-state index is 12.4. The number of nitrogens with one attached hydrogen (secondary N) is 1. The summed E-state index contributed by atoms with van der Waals surface area (Å²) in [5.74, 6) is -0.0630. The maximum Gasteiger partial charge on any atom is 0.261 e. The molecular formula is C17H16N2OS. The van der Waals surface area contributed by atoms with Gasteiger partial charge in [0.1, 0.15) is 0 Å². The highest BCUT2D eigenvalue weighted by atomic mass is 32.1. The first-order chi connectivity index (χ1) is 10.1. The van der Waals surface area contributed by atoms with Crippen LogP contribution in [0.4, 0.5) is 5.69 Å². The zero-order chi connectivity index (χ0) is 14.8. The minimum Gasteiger partial charge on any atom is -0.398 e. The van der Waals surface area contributed by atoms with Crippen molar-refractivity contribution in [2.75, 3.05) is 5.73 Å². The molecule has 0 radical (unpaired) electrons. The highest BCUT2D eigenvalue weighted by molar-refractivity contribution is 7.20. The zero-order valence-electron chi connectivity index (χ0n) is 11.7.